The van der Waals surface area contributed by atoms with Crippen LogP contribution in [0.1, 0.15) is 27.0 Å². The Bertz CT molecular complexity index is 1270. The second kappa shape index (κ2) is 9.53. The summed E-state index contributed by atoms with van der Waals surface area (Å²) in [6.07, 6.45) is 5.57. The number of nitrogens with zero attached hydrogens (tertiary/aromatic N) is 1. The number of carboxylic acid groups (broad SMARTS) is 1. The fraction of sp³-hybridized carbons (Fsp3) is 0.125. The maximum absolute atomic E-state index is 12.6. The standard InChI is InChI=1S/C24H20ClN3O4/c25-21-13-27-22-6-3-16(9-20(21)22)11-28-24(31)18-8-17(10-26-12-18)7-15-1-4-19(5-2-15)32-14-23(29)30/h1-6,8-10,12-13,27H,7,11,14H2,(H,28,31)(H,29,30). The third-order valence-corrected chi connectivity index (χ3v) is 5.21. The van der Waals surface area contributed by atoms with Gasteiger partial charge in [-0.3, -0.25) is 9.78 Å². The van der Waals surface area contributed by atoms with Crippen LogP contribution in [0.4, 0.5) is 0 Å². The molecule has 0 saturated carbocycles. The Balaban J connectivity index is 1.37. The minimum absolute atomic E-state index is 0.211. The molecule has 2 aromatic heterocycles. The predicted molar refractivity (Wildman–Crippen MR) is 121 cm³/mol. The zero-order valence-electron chi connectivity index (χ0n) is 17.0. The molecule has 1 amide bonds. The molecule has 0 unspecified atom stereocenters. The summed E-state index contributed by atoms with van der Waals surface area (Å²) >= 11 is 6.17. The van der Waals surface area contributed by atoms with Gasteiger partial charge in [0.1, 0.15) is 5.75 Å². The van der Waals surface area contributed by atoms with Crippen LogP contribution >= 0.6 is 11.6 Å². The number of hydrogen-bond donors (Lipinski definition) is 3. The second-order valence-electron chi connectivity index (χ2n) is 7.28. The molecule has 0 bridgehead atoms. The van der Waals surface area contributed by atoms with E-state index in [0.29, 0.717) is 29.3 Å². The highest BCUT2D eigenvalue weighted by atomic mass is 35.5. The first-order chi connectivity index (χ1) is 15.5. The van der Waals surface area contributed by atoms with E-state index >= 15 is 0 Å². The van der Waals surface area contributed by atoms with E-state index in [1.54, 1.807) is 24.5 Å². The van der Waals surface area contributed by atoms with E-state index in [1.165, 1.54) is 6.20 Å². The van der Waals surface area contributed by atoms with Gasteiger partial charge in [-0.15, -0.1) is 0 Å². The van der Waals surface area contributed by atoms with E-state index in [-0.39, 0.29) is 12.5 Å². The van der Waals surface area contributed by atoms with Crippen LogP contribution < -0.4 is 10.1 Å². The van der Waals surface area contributed by atoms with Crippen LogP contribution in [-0.2, 0) is 17.8 Å². The van der Waals surface area contributed by atoms with Gasteiger partial charge in [0.15, 0.2) is 6.61 Å². The smallest absolute Gasteiger partial charge is 0.341 e. The van der Waals surface area contributed by atoms with Crippen LogP contribution in [0.15, 0.2) is 67.1 Å². The molecule has 0 aliphatic heterocycles. The van der Waals surface area contributed by atoms with Crippen molar-refractivity contribution in [1.29, 1.82) is 0 Å². The van der Waals surface area contributed by atoms with Crippen LogP contribution in [0.25, 0.3) is 10.9 Å². The molecule has 8 heteroatoms. The third kappa shape index (κ3) is 5.25. The normalized spacial score (nSPS) is 10.8. The zero-order chi connectivity index (χ0) is 22.5. The van der Waals surface area contributed by atoms with E-state index in [1.807, 2.05) is 36.4 Å². The van der Waals surface area contributed by atoms with Gasteiger partial charge in [-0.05, 0) is 53.4 Å². The molecule has 0 aliphatic carbocycles. The number of ether oxygens (including phenoxy) is 1. The third-order valence-electron chi connectivity index (χ3n) is 4.90. The highest BCUT2D eigenvalue weighted by Gasteiger charge is 2.09. The van der Waals surface area contributed by atoms with Gasteiger partial charge in [-0.2, -0.15) is 0 Å². The number of pyridine rings is 1. The number of aliphatic carboxylic acids is 1. The van der Waals surface area contributed by atoms with Gasteiger partial charge in [0.05, 0.1) is 10.6 Å². The monoisotopic (exact) mass is 449 g/mol. The van der Waals surface area contributed by atoms with E-state index in [0.717, 1.165) is 27.6 Å². The second-order valence-corrected chi connectivity index (χ2v) is 7.69. The Kier molecular flexibility index (Phi) is 6.37. The number of rotatable bonds is 8. The Morgan fingerprint density at radius 2 is 1.81 bits per heavy atom. The molecule has 4 rings (SSSR count). The molecule has 4 aromatic rings. The van der Waals surface area contributed by atoms with E-state index in [9.17, 15) is 9.59 Å². The lowest BCUT2D eigenvalue weighted by Gasteiger charge is -2.08. The fourth-order valence-corrected chi connectivity index (χ4v) is 3.53. The highest BCUT2D eigenvalue weighted by Crippen LogP contribution is 2.24. The first-order valence-electron chi connectivity index (χ1n) is 9.89. The number of hydrogen-bond acceptors (Lipinski definition) is 4. The number of carbonyl (C=O) groups excluding carboxylic acids is 1. The number of carbonyl (C=O) groups is 2. The minimum Gasteiger partial charge on any atom is -0.482 e. The van der Waals surface area contributed by atoms with Crippen molar-refractivity contribution in [2.45, 2.75) is 13.0 Å². The highest BCUT2D eigenvalue weighted by molar-refractivity contribution is 6.35. The summed E-state index contributed by atoms with van der Waals surface area (Å²) in [7, 11) is 0. The average molecular weight is 450 g/mol. The Hall–Kier alpha value is -3.84. The Labute approximate surface area is 189 Å². The number of fused-ring (bicyclic) bond motifs is 1. The molecule has 7 nitrogen and oxygen atoms in total. The lowest BCUT2D eigenvalue weighted by Crippen LogP contribution is -2.23. The van der Waals surface area contributed by atoms with Crippen molar-refractivity contribution in [2.24, 2.45) is 0 Å². The molecular formula is C24H20ClN3O4. The van der Waals surface area contributed by atoms with E-state index in [2.05, 4.69) is 15.3 Å². The van der Waals surface area contributed by atoms with Crippen molar-refractivity contribution in [3.63, 3.8) is 0 Å². The Morgan fingerprint density at radius 3 is 2.59 bits per heavy atom. The molecule has 162 valence electrons. The van der Waals surface area contributed by atoms with Gasteiger partial charge in [0, 0.05) is 36.0 Å². The van der Waals surface area contributed by atoms with Crippen molar-refractivity contribution in [3.8, 4) is 5.75 Å². The summed E-state index contributed by atoms with van der Waals surface area (Å²) in [5.74, 6) is -0.748. The van der Waals surface area contributed by atoms with Gasteiger partial charge in [0.2, 0.25) is 0 Å². The summed E-state index contributed by atoms with van der Waals surface area (Å²) in [6, 6.07) is 14.8. The summed E-state index contributed by atoms with van der Waals surface area (Å²) < 4.78 is 5.14. The van der Waals surface area contributed by atoms with Crippen LogP contribution in [0.3, 0.4) is 0 Å². The first-order valence-corrected chi connectivity index (χ1v) is 10.3. The molecule has 0 fully saturated rings. The number of nitrogens with one attached hydrogen (secondary N) is 2. The van der Waals surface area contributed by atoms with E-state index < -0.39 is 5.97 Å². The number of halogens is 1. The number of H-pyrrole nitrogens is 1. The fourth-order valence-electron chi connectivity index (χ4n) is 3.32. The van der Waals surface area contributed by atoms with Crippen molar-refractivity contribution in [1.82, 2.24) is 15.3 Å². The summed E-state index contributed by atoms with van der Waals surface area (Å²) in [6.45, 7) is -0.00910. The van der Waals surface area contributed by atoms with Crippen molar-refractivity contribution in [2.75, 3.05) is 6.61 Å². The maximum Gasteiger partial charge on any atom is 0.341 e. The summed E-state index contributed by atoms with van der Waals surface area (Å²) in [5, 5.41) is 13.2. The van der Waals surface area contributed by atoms with Crippen LogP contribution in [0.2, 0.25) is 5.02 Å². The van der Waals surface area contributed by atoms with Gasteiger partial charge in [-0.1, -0.05) is 29.8 Å². The number of amides is 1. The molecule has 0 aliphatic rings. The minimum atomic E-state index is -1.02. The topological polar surface area (TPSA) is 104 Å². The predicted octanol–water partition coefficient (Wildman–Crippen LogP) is 4.20. The molecule has 2 aromatic carbocycles. The summed E-state index contributed by atoms with van der Waals surface area (Å²) in [4.78, 5) is 30.5. The van der Waals surface area contributed by atoms with Gasteiger partial charge >= 0.3 is 5.97 Å². The average Bonchev–Trinajstić information content (AvgIpc) is 3.17. The molecule has 32 heavy (non-hydrogen) atoms. The lowest BCUT2D eigenvalue weighted by molar-refractivity contribution is -0.139. The first kappa shape index (κ1) is 21.4. The van der Waals surface area contributed by atoms with Crippen LogP contribution in [0.5, 0.6) is 5.75 Å². The number of carboxylic acids is 1. The van der Waals surface area contributed by atoms with Crippen molar-refractivity contribution < 1.29 is 19.4 Å². The molecular weight excluding hydrogens is 430 g/mol. The quantitative estimate of drug-likeness (QED) is 0.374. The summed E-state index contributed by atoms with van der Waals surface area (Å²) in [5.41, 5.74) is 4.25. The van der Waals surface area contributed by atoms with Crippen molar-refractivity contribution in [3.05, 3.63) is 94.4 Å². The van der Waals surface area contributed by atoms with Gasteiger partial charge in [-0.25, -0.2) is 4.79 Å². The number of aromatic amines is 1. The largest absolute Gasteiger partial charge is 0.482 e. The molecule has 0 atom stereocenters. The van der Waals surface area contributed by atoms with Crippen LogP contribution in [-0.4, -0.2) is 33.6 Å². The molecule has 0 spiro atoms. The Morgan fingerprint density at radius 1 is 1.03 bits per heavy atom. The van der Waals surface area contributed by atoms with Crippen LogP contribution in [0, 0.1) is 0 Å². The van der Waals surface area contributed by atoms with Crippen molar-refractivity contribution >= 4 is 34.4 Å². The lowest BCUT2D eigenvalue weighted by atomic mass is 10.0. The zero-order valence-corrected chi connectivity index (χ0v) is 17.7. The van der Waals surface area contributed by atoms with E-state index in [4.69, 9.17) is 21.4 Å². The molecule has 0 radical (unpaired) electrons. The number of aromatic nitrogens is 2. The maximum atomic E-state index is 12.6. The van der Waals surface area contributed by atoms with Gasteiger partial charge < -0.3 is 20.1 Å². The molecule has 2 heterocycles. The molecule has 0 saturated heterocycles. The van der Waals surface area contributed by atoms with Gasteiger partial charge in [0.25, 0.3) is 5.91 Å². The number of benzene rings is 2. The molecule has 3 N–H and O–H groups in total. The SMILES string of the molecule is O=C(O)COc1ccc(Cc2cncc(C(=O)NCc3ccc4[nH]cc(Cl)c4c3)c2)cc1.